The van der Waals surface area contributed by atoms with Gasteiger partial charge in [0, 0.05) is 22.8 Å². The lowest BCUT2D eigenvalue weighted by atomic mass is 10.2. The van der Waals surface area contributed by atoms with Crippen LogP contribution in [-0.2, 0) is 0 Å². The molecule has 0 aliphatic heterocycles. The van der Waals surface area contributed by atoms with Gasteiger partial charge in [0.2, 0.25) is 0 Å². The van der Waals surface area contributed by atoms with Gasteiger partial charge in [0.25, 0.3) is 0 Å². The second kappa shape index (κ2) is 5.79. The molecule has 0 bridgehead atoms. The molecule has 5 rings (SSSR count). The van der Waals surface area contributed by atoms with E-state index in [0.717, 1.165) is 32.0 Å². The van der Waals surface area contributed by atoms with Crippen molar-refractivity contribution in [1.82, 2.24) is 19.6 Å². The topological polar surface area (TPSA) is 69.1 Å². The van der Waals surface area contributed by atoms with Crippen molar-refractivity contribution in [1.29, 1.82) is 0 Å². The lowest BCUT2D eigenvalue weighted by Crippen LogP contribution is -2.02. The summed E-state index contributed by atoms with van der Waals surface area (Å²) in [5.41, 5.74) is 10.6. The fourth-order valence-electron chi connectivity index (χ4n) is 2.87. The number of nitrogen functional groups attached to an aromatic ring is 1. The second-order valence-corrected chi connectivity index (χ2v) is 7.32. The first-order valence-corrected chi connectivity index (χ1v) is 9.14. The van der Waals surface area contributed by atoms with Crippen LogP contribution in [0.15, 0.2) is 60.8 Å². The summed E-state index contributed by atoms with van der Waals surface area (Å²) in [5, 5.41) is 6.14. The summed E-state index contributed by atoms with van der Waals surface area (Å²) in [6, 6.07) is 17.4. The average Bonchev–Trinajstić information content (AvgIpc) is 3.27. The number of anilines is 1. The van der Waals surface area contributed by atoms with Gasteiger partial charge in [0.1, 0.15) is 10.8 Å². The minimum absolute atomic E-state index is 0.522. The Hall–Kier alpha value is -2.96. The monoisotopic (exact) mass is 377 g/mol. The number of nitrogens with zero attached hydrogens (tertiary/aromatic N) is 4. The van der Waals surface area contributed by atoms with Crippen molar-refractivity contribution >= 4 is 44.6 Å². The van der Waals surface area contributed by atoms with Crippen LogP contribution in [0.2, 0.25) is 5.02 Å². The van der Waals surface area contributed by atoms with E-state index in [1.54, 1.807) is 22.0 Å². The predicted molar refractivity (Wildman–Crippen MR) is 106 cm³/mol. The van der Waals surface area contributed by atoms with Crippen LogP contribution in [0.1, 0.15) is 0 Å². The quantitative estimate of drug-likeness (QED) is 0.474. The van der Waals surface area contributed by atoms with E-state index in [4.69, 9.17) is 17.3 Å². The van der Waals surface area contributed by atoms with Crippen LogP contribution >= 0.6 is 22.9 Å². The Kier molecular flexibility index (Phi) is 3.41. The van der Waals surface area contributed by atoms with Gasteiger partial charge in [-0.05, 0) is 24.3 Å². The molecule has 7 heteroatoms. The summed E-state index contributed by atoms with van der Waals surface area (Å²) in [4.78, 5) is 9.18. The van der Waals surface area contributed by atoms with Crippen LogP contribution in [0.4, 0.5) is 5.82 Å². The number of benzene rings is 2. The van der Waals surface area contributed by atoms with Crippen molar-refractivity contribution in [2.45, 2.75) is 0 Å². The van der Waals surface area contributed by atoms with Gasteiger partial charge in [-0.3, -0.25) is 0 Å². The molecule has 5 aromatic rings. The van der Waals surface area contributed by atoms with E-state index in [1.807, 2.05) is 54.6 Å². The maximum absolute atomic E-state index is 6.39. The van der Waals surface area contributed by atoms with Crippen molar-refractivity contribution in [2.24, 2.45) is 0 Å². The summed E-state index contributed by atoms with van der Waals surface area (Å²) in [6.07, 6.45) is 1.76. The first-order chi connectivity index (χ1) is 12.7. The van der Waals surface area contributed by atoms with Crippen molar-refractivity contribution < 1.29 is 0 Å². The van der Waals surface area contributed by atoms with Gasteiger partial charge >= 0.3 is 0 Å². The molecule has 0 radical (unpaired) electrons. The number of aromatic nitrogens is 4. The summed E-state index contributed by atoms with van der Waals surface area (Å²) < 4.78 is 2.77. The third-order valence-electron chi connectivity index (χ3n) is 4.18. The lowest BCUT2D eigenvalue weighted by Gasteiger charge is -2.03. The van der Waals surface area contributed by atoms with E-state index in [-0.39, 0.29) is 0 Å². The van der Waals surface area contributed by atoms with Gasteiger partial charge in [0.05, 0.1) is 21.5 Å². The molecule has 0 amide bonds. The highest BCUT2D eigenvalue weighted by molar-refractivity contribution is 7.21. The lowest BCUT2D eigenvalue weighted by molar-refractivity contribution is 0.957. The maximum Gasteiger partial charge on any atom is 0.157 e. The van der Waals surface area contributed by atoms with Gasteiger partial charge in [-0.15, -0.1) is 11.3 Å². The highest BCUT2D eigenvalue weighted by atomic mass is 35.5. The minimum atomic E-state index is 0.522. The third kappa shape index (κ3) is 2.42. The van der Waals surface area contributed by atoms with Crippen LogP contribution in [-0.4, -0.2) is 19.6 Å². The Labute approximate surface area is 157 Å². The Bertz CT molecular complexity index is 1220. The number of para-hydroxylation sites is 1. The number of hydrogen-bond donors (Lipinski definition) is 1. The minimum Gasteiger partial charge on any atom is -0.383 e. The Morgan fingerprint density at radius 2 is 1.85 bits per heavy atom. The molecule has 0 saturated carbocycles. The van der Waals surface area contributed by atoms with Crippen LogP contribution in [0.25, 0.3) is 37.7 Å². The van der Waals surface area contributed by atoms with Gasteiger partial charge < -0.3 is 5.73 Å². The first-order valence-electron chi connectivity index (χ1n) is 7.95. The van der Waals surface area contributed by atoms with E-state index < -0.39 is 0 Å². The zero-order valence-corrected chi connectivity index (χ0v) is 15.0. The molecule has 2 N–H and O–H groups in total. The molecule has 0 atom stereocenters. The SMILES string of the molecule is Nc1c(-c2nc3ccccc3s2)cnc2cc(-c3ccc(Cl)cc3)nn12. The average molecular weight is 378 g/mol. The maximum atomic E-state index is 6.39. The van der Waals surface area contributed by atoms with E-state index in [1.165, 1.54) is 0 Å². The number of halogens is 1. The van der Waals surface area contributed by atoms with E-state index in [2.05, 4.69) is 15.1 Å². The zero-order chi connectivity index (χ0) is 17.7. The van der Waals surface area contributed by atoms with Crippen LogP contribution in [0.5, 0.6) is 0 Å². The summed E-state index contributed by atoms with van der Waals surface area (Å²) in [5.74, 6) is 0.522. The highest BCUT2D eigenvalue weighted by Crippen LogP contribution is 2.33. The van der Waals surface area contributed by atoms with Crippen molar-refractivity contribution in [2.75, 3.05) is 5.73 Å². The van der Waals surface area contributed by atoms with Crippen molar-refractivity contribution in [3.63, 3.8) is 0 Å². The van der Waals surface area contributed by atoms with Crippen LogP contribution in [0.3, 0.4) is 0 Å². The smallest absolute Gasteiger partial charge is 0.157 e. The number of hydrogen-bond acceptors (Lipinski definition) is 5. The molecule has 0 fully saturated rings. The number of rotatable bonds is 2. The predicted octanol–water partition coefficient (Wildman–Crippen LogP) is 4.91. The Balaban J connectivity index is 1.66. The van der Waals surface area contributed by atoms with E-state index in [0.29, 0.717) is 16.5 Å². The molecule has 3 aromatic heterocycles. The summed E-state index contributed by atoms with van der Waals surface area (Å²) in [6.45, 7) is 0. The molecule has 0 saturated heterocycles. The Morgan fingerprint density at radius 3 is 2.65 bits per heavy atom. The molecule has 0 spiro atoms. The van der Waals surface area contributed by atoms with Gasteiger partial charge in [-0.25, -0.2) is 9.97 Å². The molecule has 0 aliphatic rings. The first kappa shape index (κ1) is 15.3. The largest absolute Gasteiger partial charge is 0.383 e. The normalized spacial score (nSPS) is 11.4. The summed E-state index contributed by atoms with van der Waals surface area (Å²) >= 11 is 7.55. The summed E-state index contributed by atoms with van der Waals surface area (Å²) in [7, 11) is 0. The molecule has 26 heavy (non-hydrogen) atoms. The van der Waals surface area contributed by atoms with E-state index in [9.17, 15) is 0 Å². The van der Waals surface area contributed by atoms with Gasteiger partial charge in [-0.1, -0.05) is 35.9 Å². The van der Waals surface area contributed by atoms with Crippen molar-refractivity contribution in [3.8, 4) is 21.8 Å². The van der Waals surface area contributed by atoms with Gasteiger partial charge in [0.15, 0.2) is 5.65 Å². The fraction of sp³-hybridized carbons (Fsp3) is 0. The number of thiazole rings is 1. The Morgan fingerprint density at radius 1 is 1.04 bits per heavy atom. The fourth-order valence-corrected chi connectivity index (χ4v) is 3.98. The molecule has 0 aliphatic carbocycles. The standard InChI is InChI=1S/C19H12ClN5S/c20-12-7-5-11(6-8-12)15-9-17-22-10-13(18(21)25(17)24-15)19-23-14-3-1-2-4-16(14)26-19/h1-10H,21H2. The van der Waals surface area contributed by atoms with Crippen LogP contribution < -0.4 is 5.73 Å². The molecule has 5 nitrogen and oxygen atoms in total. The molecule has 126 valence electrons. The molecular weight excluding hydrogens is 366 g/mol. The highest BCUT2D eigenvalue weighted by Gasteiger charge is 2.15. The molecule has 2 aromatic carbocycles. The number of nitrogens with two attached hydrogens (primary N) is 1. The molecule has 3 heterocycles. The zero-order valence-electron chi connectivity index (χ0n) is 13.4. The molecule has 0 unspecified atom stereocenters. The third-order valence-corrected chi connectivity index (χ3v) is 5.51. The second-order valence-electron chi connectivity index (χ2n) is 5.85. The van der Waals surface area contributed by atoms with E-state index >= 15 is 0 Å². The van der Waals surface area contributed by atoms with Crippen LogP contribution in [0, 0.1) is 0 Å². The van der Waals surface area contributed by atoms with Gasteiger partial charge in [-0.2, -0.15) is 9.61 Å². The van der Waals surface area contributed by atoms with Crippen molar-refractivity contribution in [3.05, 3.63) is 65.8 Å². The number of fused-ring (bicyclic) bond motifs is 2. The molecular formula is C19H12ClN5S.